The topological polar surface area (TPSA) is 128 Å². The summed E-state index contributed by atoms with van der Waals surface area (Å²) in [6, 6.07) is 15.6. The molecule has 1 fully saturated rings. The van der Waals surface area contributed by atoms with E-state index in [9.17, 15) is 24.0 Å². The highest BCUT2D eigenvalue weighted by Gasteiger charge is 2.66. The summed E-state index contributed by atoms with van der Waals surface area (Å²) in [5, 5.41) is 1.90. The standard InChI is InChI=1S/C27H25BrN2O8S/c1-16(31)37-13-19-15-39-26-27(36-2,29-22(33)12-17-6-4-3-5-7-17)25(35)30(26)23(19)24(34)38-14-21(32)18-8-10-20(28)11-9-18/h3-11,26H,12-15H2,1-2H3,(H,29,33)/t26-,27-/m0/s1. The van der Waals surface area contributed by atoms with Crippen molar-refractivity contribution >= 4 is 57.2 Å². The maximum Gasteiger partial charge on any atom is 0.355 e. The average Bonchev–Trinajstić information content (AvgIpc) is 2.93. The van der Waals surface area contributed by atoms with Gasteiger partial charge in [0, 0.05) is 35.4 Å². The minimum atomic E-state index is -1.71. The van der Waals surface area contributed by atoms with Gasteiger partial charge in [0.05, 0.1) is 6.42 Å². The van der Waals surface area contributed by atoms with Crippen molar-refractivity contribution in [3.8, 4) is 0 Å². The van der Waals surface area contributed by atoms with E-state index < -0.39 is 47.2 Å². The Balaban J connectivity index is 1.53. The van der Waals surface area contributed by atoms with Gasteiger partial charge in [-0.25, -0.2) is 4.79 Å². The van der Waals surface area contributed by atoms with Crippen LogP contribution in [0, 0.1) is 0 Å². The quantitative estimate of drug-likeness (QED) is 0.185. The fourth-order valence-electron chi connectivity index (χ4n) is 4.18. The third-order valence-electron chi connectivity index (χ3n) is 6.11. The monoisotopic (exact) mass is 616 g/mol. The Kier molecular flexibility index (Phi) is 8.88. The lowest BCUT2D eigenvalue weighted by atomic mass is 9.97. The van der Waals surface area contributed by atoms with Crippen molar-refractivity contribution in [1.29, 1.82) is 0 Å². The Morgan fingerprint density at radius 2 is 1.77 bits per heavy atom. The second-order valence-electron chi connectivity index (χ2n) is 8.73. The summed E-state index contributed by atoms with van der Waals surface area (Å²) in [5.41, 5.74) is -0.413. The molecular weight excluding hydrogens is 592 g/mol. The van der Waals surface area contributed by atoms with Crippen LogP contribution in [0.15, 0.2) is 70.3 Å². The smallest absolute Gasteiger partial charge is 0.355 e. The molecule has 2 aliphatic rings. The van der Waals surface area contributed by atoms with Gasteiger partial charge in [-0.3, -0.25) is 24.1 Å². The number of benzene rings is 2. The van der Waals surface area contributed by atoms with Gasteiger partial charge >= 0.3 is 11.9 Å². The Morgan fingerprint density at radius 3 is 2.41 bits per heavy atom. The molecule has 0 unspecified atom stereocenters. The van der Waals surface area contributed by atoms with Crippen LogP contribution in [0.3, 0.4) is 0 Å². The number of β-lactam (4-membered cyclic amide) rings is 1. The maximum absolute atomic E-state index is 13.5. The first kappa shape index (κ1) is 28.5. The number of methoxy groups -OCH3 is 1. The van der Waals surface area contributed by atoms with Gasteiger partial charge in [-0.05, 0) is 17.7 Å². The molecule has 2 heterocycles. The molecule has 0 radical (unpaired) electrons. The maximum atomic E-state index is 13.5. The van der Waals surface area contributed by atoms with Crippen molar-refractivity contribution in [1.82, 2.24) is 10.2 Å². The van der Waals surface area contributed by atoms with Gasteiger partial charge in [0.25, 0.3) is 11.6 Å². The van der Waals surface area contributed by atoms with E-state index in [4.69, 9.17) is 14.2 Å². The number of hydrogen-bond donors (Lipinski definition) is 1. The van der Waals surface area contributed by atoms with Gasteiger partial charge in [0.2, 0.25) is 5.91 Å². The van der Waals surface area contributed by atoms with Crippen molar-refractivity contribution < 1.29 is 38.2 Å². The third-order valence-corrected chi connectivity index (χ3v) is 8.01. The van der Waals surface area contributed by atoms with Gasteiger partial charge in [-0.2, -0.15) is 0 Å². The van der Waals surface area contributed by atoms with Gasteiger partial charge in [-0.1, -0.05) is 58.4 Å². The summed E-state index contributed by atoms with van der Waals surface area (Å²) in [6.07, 6.45) is 0.0250. The zero-order valence-electron chi connectivity index (χ0n) is 21.1. The van der Waals surface area contributed by atoms with E-state index in [2.05, 4.69) is 21.2 Å². The van der Waals surface area contributed by atoms with Gasteiger partial charge in [0.15, 0.2) is 12.4 Å². The molecule has 0 aromatic heterocycles. The summed E-state index contributed by atoms with van der Waals surface area (Å²) >= 11 is 4.53. The van der Waals surface area contributed by atoms with Crippen LogP contribution < -0.4 is 5.32 Å². The summed E-state index contributed by atoms with van der Waals surface area (Å²) in [6.45, 7) is 0.416. The van der Waals surface area contributed by atoms with Crippen molar-refractivity contribution in [2.75, 3.05) is 26.1 Å². The highest BCUT2D eigenvalue weighted by Crippen LogP contribution is 2.47. The number of ether oxygens (including phenoxy) is 3. The van der Waals surface area contributed by atoms with Crippen LogP contribution >= 0.6 is 27.7 Å². The molecule has 12 heteroatoms. The zero-order chi connectivity index (χ0) is 28.2. The molecule has 1 N–H and O–H groups in total. The Labute approximate surface area is 237 Å². The number of esters is 2. The molecule has 0 aliphatic carbocycles. The highest BCUT2D eigenvalue weighted by atomic mass is 79.9. The lowest BCUT2D eigenvalue weighted by Gasteiger charge is -2.55. The molecule has 2 aromatic rings. The molecule has 204 valence electrons. The molecule has 1 saturated heterocycles. The number of Topliss-reactive ketones (excluding diaryl/α,β-unsaturated/α-hetero) is 1. The van der Waals surface area contributed by atoms with Crippen molar-refractivity contribution in [3.05, 3.63) is 81.5 Å². The number of carbonyl (C=O) groups is 5. The lowest BCUT2D eigenvalue weighted by Crippen LogP contribution is -2.80. The van der Waals surface area contributed by atoms with E-state index in [1.54, 1.807) is 48.5 Å². The average molecular weight is 617 g/mol. The number of nitrogens with zero attached hydrogens (tertiary/aromatic N) is 1. The molecule has 10 nitrogen and oxygen atoms in total. The molecule has 0 saturated carbocycles. The summed E-state index contributed by atoms with van der Waals surface area (Å²) in [4.78, 5) is 64.7. The molecule has 0 spiro atoms. The Bertz CT molecular complexity index is 1330. The minimum Gasteiger partial charge on any atom is -0.461 e. The van der Waals surface area contributed by atoms with E-state index in [1.165, 1.54) is 25.8 Å². The molecule has 0 bridgehead atoms. The number of carbonyl (C=O) groups excluding carboxylic acids is 5. The summed E-state index contributed by atoms with van der Waals surface area (Å²) < 4.78 is 16.7. The summed E-state index contributed by atoms with van der Waals surface area (Å²) in [7, 11) is 1.30. The molecule has 4 rings (SSSR count). The van der Waals surface area contributed by atoms with E-state index in [-0.39, 0.29) is 24.5 Å². The van der Waals surface area contributed by atoms with Crippen LogP contribution in [0.5, 0.6) is 0 Å². The van der Waals surface area contributed by atoms with Crippen LogP contribution in [0.4, 0.5) is 0 Å². The van der Waals surface area contributed by atoms with Crippen molar-refractivity contribution in [2.24, 2.45) is 0 Å². The Morgan fingerprint density at radius 1 is 1.08 bits per heavy atom. The number of halogens is 1. The van der Waals surface area contributed by atoms with Crippen LogP contribution in [0.1, 0.15) is 22.8 Å². The molecule has 2 aliphatic heterocycles. The van der Waals surface area contributed by atoms with Crippen molar-refractivity contribution in [3.63, 3.8) is 0 Å². The second-order valence-corrected chi connectivity index (χ2v) is 10.7. The van der Waals surface area contributed by atoms with Crippen LogP contribution in [-0.4, -0.2) is 71.6 Å². The minimum absolute atomic E-state index is 0.0250. The van der Waals surface area contributed by atoms with Crippen molar-refractivity contribution in [2.45, 2.75) is 24.4 Å². The number of nitrogens with one attached hydrogen (secondary N) is 1. The van der Waals surface area contributed by atoms with Gasteiger partial charge < -0.3 is 19.5 Å². The highest BCUT2D eigenvalue weighted by molar-refractivity contribution is 9.10. The predicted molar refractivity (Wildman–Crippen MR) is 144 cm³/mol. The van der Waals surface area contributed by atoms with E-state index in [1.807, 2.05) is 6.07 Å². The predicted octanol–water partition coefficient (Wildman–Crippen LogP) is 2.61. The second kappa shape index (κ2) is 12.1. The Hall–Kier alpha value is -3.48. The number of amides is 2. The molecule has 2 aromatic carbocycles. The van der Waals surface area contributed by atoms with Crippen LogP contribution in [0.2, 0.25) is 0 Å². The molecular formula is C27H25BrN2O8S. The normalized spacial score (nSPS) is 20.0. The number of fused-ring (bicyclic) bond motifs is 1. The van der Waals surface area contributed by atoms with E-state index in [0.717, 1.165) is 14.9 Å². The number of thioether (sulfide) groups is 1. The van der Waals surface area contributed by atoms with E-state index >= 15 is 0 Å². The zero-order valence-corrected chi connectivity index (χ0v) is 23.5. The first-order valence-corrected chi connectivity index (χ1v) is 13.7. The van der Waals surface area contributed by atoms with Gasteiger partial charge in [0.1, 0.15) is 17.7 Å². The van der Waals surface area contributed by atoms with Crippen LogP contribution in [-0.2, 0) is 39.8 Å². The van der Waals surface area contributed by atoms with Crippen LogP contribution in [0.25, 0.3) is 0 Å². The molecule has 2 atom stereocenters. The first-order valence-electron chi connectivity index (χ1n) is 11.8. The van der Waals surface area contributed by atoms with E-state index in [0.29, 0.717) is 11.1 Å². The first-order chi connectivity index (χ1) is 18.7. The SMILES string of the molecule is CO[C@@]1(NC(=O)Cc2ccccc2)C(=O)N2C(C(=O)OCC(=O)c3ccc(Br)cc3)=C(COC(C)=O)CS[C@H]21. The van der Waals surface area contributed by atoms with Gasteiger partial charge in [-0.15, -0.1) is 11.8 Å². The fraction of sp³-hybridized carbons (Fsp3) is 0.296. The number of hydrogen-bond acceptors (Lipinski definition) is 9. The lowest BCUT2D eigenvalue weighted by molar-refractivity contribution is -0.192. The molecule has 2 amide bonds. The number of rotatable bonds is 10. The fourth-order valence-corrected chi connectivity index (χ4v) is 5.87. The number of ketones is 1. The third kappa shape index (κ3) is 6.07. The summed E-state index contributed by atoms with van der Waals surface area (Å²) in [5.74, 6) is -2.87. The molecule has 39 heavy (non-hydrogen) atoms. The largest absolute Gasteiger partial charge is 0.461 e.